The van der Waals surface area contributed by atoms with Crippen LogP contribution < -0.4 is 10.1 Å². The first-order valence-corrected chi connectivity index (χ1v) is 7.23. The number of carbonyl (C=O) groups excluding carboxylic acids is 1. The van der Waals surface area contributed by atoms with Gasteiger partial charge in [-0.1, -0.05) is 18.2 Å². The number of rotatable bonds is 6. The molecule has 0 heterocycles. The topological polar surface area (TPSA) is 84.9 Å². The molecule has 0 aliphatic rings. The lowest BCUT2D eigenvalue weighted by atomic mass is 10.1. The number of hydrogen-bond acceptors (Lipinski definition) is 4. The zero-order chi connectivity index (χ0) is 17.5. The van der Waals surface area contributed by atoms with Crippen LogP contribution in [0.3, 0.4) is 0 Å². The summed E-state index contributed by atoms with van der Waals surface area (Å²) in [6.07, 6.45) is 2.28. The molecule has 1 atom stereocenters. The molecule has 0 saturated heterocycles. The highest BCUT2D eigenvalue weighted by Crippen LogP contribution is 2.14. The summed E-state index contributed by atoms with van der Waals surface area (Å²) in [5, 5.41) is 11.4. The molecule has 0 spiro atoms. The van der Waals surface area contributed by atoms with E-state index in [1.54, 1.807) is 40.0 Å². The van der Waals surface area contributed by atoms with Gasteiger partial charge in [0, 0.05) is 6.08 Å². The monoisotopic (exact) mass is 321 g/mol. The molecule has 126 valence electrons. The Morgan fingerprint density at radius 2 is 1.87 bits per heavy atom. The molecule has 6 nitrogen and oxygen atoms in total. The van der Waals surface area contributed by atoms with E-state index in [-0.39, 0.29) is 0 Å². The molecular formula is C17H23NO5. The predicted molar refractivity (Wildman–Crippen MR) is 86.6 cm³/mol. The minimum absolute atomic E-state index is 0.438. The number of methoxy groups -OCH3 is 1. The molecule has 1 aromatic rings. The minimum atomic E-state index is -1.07. The number of carboxylic acid groups (broad SMARTS) is 1. The van der Waals surface area contributed by atoms with Gasteiger partial charge in [0.1, 0.15) is 11.4 Å². The number of amides is 1. The average molecular weight is 321 g/mol. The van der Waals surface area contributed by atoms with E-state index in [2.05, 4.69) is 5.32 Å². The van der Waals surface area contributed by atoms with E-state index in [1.165, 1.54) is 6.08 Å². The van der Waals surface area contributed by atoms with Crippen LogP contribution >= 0.6 is 0 Å². The second kappa shape index (κ2) is 8.22. The van der Waals surface area contributed by atoms with Gasteiger partial charge in [-0.05, 0) is 44.9 Å². The third-order valence-electron chi connectivity index (χ3n) is 2.79. The number of nitrogens with one attached hydrogen (secondary N) is 1. The summed E-state index contributed by atoms with van der Waals surface area (Å²) in [6, 6.07) is 6.84. The Morgan fingerprint density at radius 3 is 2.35 bits per heavy atom. The molecule has 0 aliphatic heterocycles. The van der Waals surface area contributed by atoms with Crippen LogP contribution in [0, 0.1) is 0 Å². The molecule has 23 heavy (non-hydrogen) atoms. The maximum Gasteiger partial charge on any atom is 0.408 e. The van der Waals surface area contributed by atoms with E-state index in [0.717, 1.165) is 17.4 Å². The highest BCUT2D eigenvalue weighted by molar-refractivity contribution is 5.80. The first-order chi connectivity index (χ1) is 10.7. The fourth-order valence-electron chi connectivity index (χ4n) is 1.84. The van der Waals surface area contributed by atoms with Crippen molar-refractivity contribution in [3.05, 3.63) is 42.0 Å². The Balaban J connectivity index is 2.78. The predicted octanol–water partition coefficient (Wildman–Crippen LogP) is 2.77. The van der Waals surface area contributed by atoms with Gasteiger partial charge in [-0.15, -0.1) is 0 Å². The van der Waals surface area contributed by atoms with Gasteiger partial charge in [0.25, 0.3) is 0 Å². The fourth-order valence-corrected chi connectivity index (χ4v) is 1.84. The average Bonchev–Trinajstić information content (AvgIpc) is 2.43. The van der Waals surface area contributed by atoms with Crippen molar-refractivity contribution in [3.8, 4) is 5.75 Å². The summed E-state index contributed by atoms with van der Waals surface area (Å²) < 4.78 is 10.3. The van der Waals surface area contributed by atoms with Crippen LogP contribution in [0.1, 0.15) is 26.3 Å². The molecule has 1 unspecified atom stereocenters. The van der Waals surface area contributed by atoms with Gasteiger partial charge in [-0.25, -0.2) is 9.59 Å². The normalized spacial score (nSPS) is 12.7. The molecule has 1 amide bonds. The third kappa shape index (κ3) is 7.90. The fraction of sp³-hybridized carbons (Fsp3) is 0.412. The van der Waals surface area contributed by atoms with Crippen LogP contribution in [0.5, 0.6) is 5.75 Å². The van der Waals surface area contributed by atoms with E-state index in [4.69, 9.17) is 14.6 Å². The molecule has 0 radical (unpaired) electrons. The number of benzene rings is 1. The minimum Gasteiger partial charge on any atom is -0.497 e. The first-order valence-electron chi connectivity index (χ1n) is 7.23. The number of aliphatic carboxylic acids is 1. The molecule has 0 aliphatic carbocycles. The molecular weight excluding hydrogens is 298 g/mol. The smallest absolute Gasteiger partial charge is 0.408 e. The van der Waals surface area contributed by atoms with Crippen LogP contribution in [-0.4, -0.2) is 35.9 Å². The largest absolute Gasteiger partial charge is 0.497 e. The molecule has 0 saturated carbocycles. The van der Waals surface area contributed by atoms with Crippen molar-refractivity contribution in [2.75, 3.05) is 7.11 Å². The summed E-state index contributed by atoms with van der Waals surface area (Å²) >= 11 is 0. The van der Waals surface area contributed by atoms with E-state index in [9.17, 15) is 9.59 Å². The molecule has 0 fully saturated rings. The van der Waals surface area contributed by atoms with Crippen LogP contribution in [0.4, 0.5) is 4.79 Å². The lowest BCUT2D eigenvalue weighted by Crippen LogP contribution is -2.39. The highest BCUT2D eigenvalue weighted by Gasteiger charge is 2.18. The number of alkyl carbamates (subject to hydrolysis) is 1. The highest BCUT2D eigenvalue weighted by atomic mass is 16.6. The van der Waals surface area contributed by atoms with Crippen LogP contribution in [0.15, 0.2) is 36.4 Å². The van der Waals surface area contributed by atoms with Crippen molar-refractivity contribution in [1.29, 1.82) is 0 Å². The lowest BCUT2D eigenvalue weighted by molar-refractivity contribution is -0.131. The Bertz CT molecular complexity index is 557. The molecule has 6 heteroatoms. The summed E-state index contributed by atoms with van der Waals surface area (Å²) in [5.74, 6) is -0.345. The third-order valence-corrected chi connectivity index (χ3v) is 2.79. The Hall–Kier alpha value is -2.50. The maximum atomic E-state index is 11.9. The summed E-state index contributed by atoms with van der Waals surface area (Å²) in [4.78, 5) is 22.6. The van der Waals surface area contributed by atoms with E-state index < -0.39 is 23.7 Å². The summed E-state index contributed by atoms with van der Waals surface area (Å²) in [5.41, 5.74) is 0.313. The van der Waals surface area contributed by atoms with Gasteiger partial charge in [-0.3, -0.25) is 0 Å². The van der Waals surface area contributed by atoms with Crippen molar-refractivity contribution < 1.29 is 24.2 Å². The van der Waals surface area contributed by atoms with Gasteiger partial charge >= 0.3 is 12.1 Å². The van der Waals surface area contributed by atoms with Crippen molar-refractivity contribution in [1.82, 2.24) is 5.32 Å². The van der Waals surface area contributed by atoms with Gasteiger partial charge in [0.05, 0.1) is 13.2 Å². The Labute approximate surface area is 136 Å². The molecule has 0 aromatic heterocycles. The number of ether oxygens (including phenoxy) is 2. The van der Waals surface area contributed by atoms with E-state index in [1.807, 2.05) is 12.1 Å². The van der Waals surface area contributed by atoms with Crippen molar-refractivity contribution in [2.45, 2.75) is 38.8 Å². The quantitative estimate of drug-likeness (QED) is 0.787. The second-order valence-corrected chi connectivity index (χ2v) is 6.00. The zero-order valence-electron chi connectivity index (χ0n) is 13.8. The van der Waals surface area contributed by atoms with Crippen LogP contribution in [0.2, 0.25) is 0 Å². The standard InChI is InChI=1S/C17H23NO5/c1-17(2,3)23-16(21)18-13(7-10-15(19)20)11-12-5-8-14(22-4)9-6-12/h5-10,13H,11H2,1-4H3,(H,18,21)(H,19,20)/b10-7+. The van der Waals surface area contributed by atoms with E-state index in [0.29, 0.717) is 6.42 Å². The SMILES string of the molecule is COc1ccc(CC(/C=C/C(=O)O)NC(=O)OC(C)(C)C)cc1. The first kappa shape index (κ1) is 18.5. The van der Waals surface area contributed by atoms with Gasteiger partial charge < -0.3 is 19.9 Å². The number of carboxylic acids is 1. The molecule has 1 rings (SSSR count). The van der Waals surface area contributed by atoms with Crippen molar-refractivity contribution in [2.24, 2.45) is 0 Å². The summed E-state index contributed by atoms with van der Waals surface area (Å²) in [7, 11) is 1.58. The maximum absolute atomic E-state index is 11.9. The van der Waals surface area contributed by atoms with Gasteiger partial charge in [0.2, 0.25) is 0 Å². The zero-order valence-corrected chi connectivity index (χ0v) is 13.8. The van der Waals surface area contributed by atoms with Crippen LogP contribution in [-0.2, 0) is 16.0 Å². The van der Waals surface area contributed by atoms with Gasteiger partial charge in [-0.2, -0.15) is 0 Å². The second-order valence-electron chi connectivity index (χ2n) is 6.00. The summed E-state index contributed by atoms with van der Waals surface area (Å²) in [6.45, 7) is 5.29. The number of carbonyl (C=O) groups is 2. The van der Waals surface area contributed by atoms with Crippen molar-refractivity contribution in [3.63, 3.8) is 0 Å². The van der Waals surface area contributed by atoms with Crippen molar-refractivity contribution >= 4 is 12.1 Å². The van der Waals surface area contributed by atoms with Crippen LogP contribution in [0.25, 0.3) is 0 Å². The van der Waals surface area contributed by atoms with E-state index >= 15 is 0 Å². The Morgan fingerprint density at radius 1 is 1.26 bits per heavy atom. The lowest BCUT2D eigenvalue weighted by Gasteiger charge is -2.22. The molecule has 1 aromatic carbocycles. The molecule has 0 bridgehead atoms. The Kier molecular flexibility index (Phi) is 6.63. The molecule has 2 N–H and O–H groups in total. The van der Waals surface area contributed by atoms with Gasteiger partial charge in [0.15, 0.2) is 0 Å². The number of hydrogen-bond donors (Lipinski definition) is 2.